The lowest BCUT2D eigenvalue weighted by Crippen LogP contribution is -2.60. The molecule has 0 spiro atoms. The number of hydrogen-bond donors (Lipinski definition) is 1. The molecular weight excluding hydrogens is 408 g/mol. The van der Waals surface area contributed by atoms with Gasteiger partial charge in [0.15, 0.2) is 12.2 Å². The van der Waals surface area contributed by atoms with Gasteiger partial charge < -0.3 is 24.1 Å². The Bertz CT molecular complexity index is 864. The lowest BCUT2D eigenvalue weighted by molar-refractivity contribution is -0.214. The van der Waals surface area contributed by atoms with Crippen LogP contribution in [-0.2, 0) is 38.1 Å². The van der Waals surface area contributed by atoms with E-state index in [1.807, 2.05) is 0 Å². The zero-order chi connectivity index (χ0) is 23.7. The molecule has 9 nitrogen and oxygen atoms in total. The minimum atomic E-state index is -2.00. The number of ether oxygens (including phenoxy) is 4. The molecule has 2 aliphatic rings. The molecule has 9 heteroatoms. The highest BCUT2D eigenvalue weighted by atomic mass is 16.6. The van der Waals surface area contributed by atoms with Gasteiger partial charge in [0.1, 0.15) is 17.8 Å². The van der Waals surface area contributed by atoms with Gasteiger partial charge in [-0.2, -0.15) is 0 Å². The first kappa shape index (κ1) is 24.3. The van der Waals surface area contributed by atoms with E-state index in [9.17, 15) is 24.3 Å². The van der Waals surface area contributed by atoms with E-state index in [2.05, 4.69) is 6.58 Å². The SMILES string of the molecule is C=C1C(=O)OC2C=C(C)C(=O)OC(C)C(C)(O)C(OC(C)=O)C(OC(=O)C(C)=CC)C12. The summed E-state index contributed by atoms with van der Waals surface area (Å²) in [5.74, 6) is -4.05. The normalized spacial score (nSPS) is 34.2. The zero-order valence-corrected chi connectivity index (χ0v) is 18.5. The Balaban J connectivity index is 2.73. The topological polar surface area (TPSA) is 125 Å². The Morgan fingerprint density at radius 2 is 1.81 bits per heavy atom. The van der Waals surface area contributed by atoms with Gasteiger partial charge in [0.2, 0.25) is 0 Å². The van der Waals surface area contributed by atoms with Crippen molar-refractivity contribution >= 4 is 23.9 Å². The molecule has 2 aliphatic heterocycles. The van der Waals surface area contributed by atoms with Gasteiger partial charge in [-0.05, 0) is 40.7 Å². The summed E-state index contributed by atoms with van der Waals surface area (Å²) in [5.41, 5.74) is -1.65. The first-order chi connectivity index (χ1) is 14.3. The van der Waals surface area contributed by atoms with Gasteiger partial charge in [-0.3, -0.25) is 4.79 Å². The summed E-state index contributed by atoms with van der Waals surface area (Å²) in [6.45, 7) is 12.2. The van der Waals surface area contributed by atoms with Gasteiger partial charge in [-0.15, -0.1) is 0 Å². The van der Waals surface area contributed by atoms with Crippen LogP contribution in [-0.4, -0.2) is 59.0 Å². The molecule has 0 bridgehead atoms. The summed E-state index contributed by atoms with van der Waals surface area (Å²) >= 11 is 0. The van der Waals surface area contributed by atoms with Crippen LogP contribution >= 0.6 is 0 Å². The van der Waals surface area contributed by atoms with Crippen LogP contribution in [0.4, 0.5) is 0 Å². The fourth-order valence-electron chi connectivity index (χ4n) is 3.40. The van der Waals surface area contributed by atoms with Crippen LogP contribution in [0.5, 0.6) is 0 Å². The molecule has 0 amide bonds. The van der Waals surface area contributed by atoms with E-state index in [0.717, 1.165) is 6.92 Å². The van der Waals surface area contributed by atoms with Crippen LogP contribution in [0.2, 0.25) is 0 Å². The largest absolute Gasteiger partial charge is 0.456 e. The molecule has 0 aromatic rings. The van der Waals surface area contributed by atoms with Crippen LogP contribution in [0, 0.1) is 5.92 Å². The van der Waals surface area contributed by atoms with Crippen molar-refractivity contribution in [2.24, 2.45) is 5.92 Å². The molecule has 2 rings (SSSR count). The summed E-state index contributed by atoms with van der Waals surface area (Å²) in [6, 6.07) is 0. The third-order valence-electron chi connectivity index (χ3n) is 5.62. The maximum Gasteiger partial charge on any atom is 0.334 e. The third-order valence-corrected chi connectivity index (χ3v) is 5.62. The Morgan fingerprint density at radius 3 is 2.35 bits per heavy atom. The molecule has 2 heterocycles. The summed E-state index contributed by atoms with van der Waals surface area (Å²) in [4.78, 5) is 49.3. The van der Waals surface area contributed by atoms with Gasteiger partial charge in [0.05, 0.1) is 5.92 Å². The second-order valence-electron chi connectivity index (χ2n) is 7.92. The first-order valence-electron chi connectivity index (χ1n) is 9.83. The van der Waals surface area contributed by atoms with Gasteiger partial charge in [-0.25, -0.2) is 14.4 Å². The van der Waals surface area contributed by atoms with E-state index in [-0.39, 0.29) is 16.7 Å². The van der Waals surface area contributed by atoms with E-state index < -0.39 is 59.8 Å². The molecule has 0 aromatic carbocycles. The van der Waals surface area contributed by atoms with E-state index in [4.69, 9.17) is 18.9 Å². The molecule has 6 unspecified atom stereocenters. The molecule has 0 saturated carbocycles. The van der Waals surface area contributed by atoms with Crippen molar-refractivity contribution in [2.45, 2.75) is 71.6 Å². The molecule has 0 radical (unpaired) electrons. The fraction of sp³-hybridized carbons (Fsp3) is 0.545. The predicted octanol–water partition coefficient (Wildman–Crippen LogP) is 1.54. The van der Waals surface area contributed by atoms with Crippen molar-refractivity contribution in [3.05, 3.63) is 35.5 Å². The maximum absolute atomic E-state index is 12.6. The van der Waals surface area contributed by atoms with E-state index in [0.29, 0.717) is 0 Å². The lowest BCUT2D eigenvalue weighted by Gasteiger charge is -2.42. The quantitative estimate of drug-likeness (QED) is 0.398. The number of carbonyl (C=O) groups is 4. The van der Waals surface area contributed by atoms with Crippen LogP contribution < -0.4 is 0 Å². The number of fused-ring (bicyclic) bond motifs is 1. The molecule has 31 heavy (non-hydrogen) atoms. The minimum Gasteiger partial charge on any atom is -0.456 e. The van der Waals surface area contributed by atoms with Gasteiger partial charge >= 0.3 is 23.9 Å². The fourth-order valence-corrected chi connectivity index (χ4v) is 3.40. The third kappa shape index (κ3) is 4.87. The highest BCUT2D eigenvalue weighted by molar-refractivity contribution is 5.93. The lowest BCUT2D eigenvalue weighted by atomic mass is 9.79. The van der Waals surface area contributed by atoms with Gasteiger partial charge in [0.25, 0.3) is 0 Å². The highest BCUT2D eigenvalue weighted by Gasteiger charge is 2.56. The monoisotopic (exact) mass is 436 g/mol. The summed E-state index contributed by atoms with van der Waals surface area (Å²) in [7, 11) is 0. The molecule has 1 fully saturated rings. The summed E-state index contributed by atoms with van der Waals surface area (Å²) < 4.78 is 21.7. The molecule has 0 aromatic heterocycles. The first-order valence-corrected chi connectivity index (χ1v) is 9.83. The number of cyclic esters (lactones) is 1. The van der Waals surface area contributed by atoms with Crippen molar-refractivity contribution in [2.75, 3.05) is 0 Å². The highest BCUT2D eigenvalue weighted by Crippen LogP contribution is 2.39. The average Bonchev–Trinajstić information content (AvgIpc) is 2.95. The van der Waals surface area contributed by atoms with Crippen molar-refractivity contribution < 1.29 is 43.2 Å². The predicted molar refractivity (Wildman–Crippen MR) is 107 cm³/mol. The van der Waals surface area contributed by atoms with Crippen LogP contribution in [0.3, 0.4) is 0 Å². The van der Waals surface area contributed by atoms with Crippen LogP contribution in [0.15, 0.2) is 35.5 Å². The number of hydrogen-bond acceptors (Lipinski definition) is 9. The summed E-state index contributed by atoms with van der Waals surface area (Å²) in [5, 5.41) is 11.3. The average molecular weight is 436 g/mol. The van der Waals surface area contributed by atoms with E-state index in [1.165, 1.54) is 39.8 Å². The number of allylic oxidation sites excluding steroid dienone is 1. The van der Waals surface area contributed by atoms with Crippen molar-refractivity contribution in [3.63, 3.8) is 0 Å². The molecule has 170 valence electrons. The van der Waals surface area contributed by atoms with Crippen LogP contribution in [0.1, 0.15) is 41.5 Å². The second kappa shape index (κ2) is 9.05. The minimum absolute atomic E-state index is 0.0421. The molecular formula is C22H28O9. The van der Waals surface area contributed by atoms with Crippen molar-refractivity contribution in [3.8, 4) is 0 Å². The second-order valence-corrected chi connectivity index (χ2v) is 7.92. The molecule has 1 saturated heterocycles. The number of rotatable bonds is 3. The van der Waals surface area contributed by atoms with Crippen molar-refractivity contribution in [1.29, 1.82) is 0 Å². The standard InChI is InChI=1S/C22H28O9/c1-8-10(2)19(24)31-17-16-12(4)21(26)30-15(16)9-11(3)20(25)28-13(5)22(7,27)18(17)29-14(6)23/h8-9,13,15-18,27H,4H2,1-3,5-7H3. The molecule has 0 aliphatic carbocycles. The molecule has 1 N–H and O–H groups in total. The van der Waals surface area contributed by atoms with Gasteiger partial charge in [0, 0.05) is 23.6 Å². The Labute approximate surface area is 180 Å². The van der Waals surface area contributed by atoms with Crippen molar-refractivity contribution in [1.82, 2.24) is 0 Å². The van der Waals surface area contributed by atoms with E-state index in [1.54, 1.807) is 6.92 Å². The smallest absolute Gasteiger partial charge is 0.334 e. The number of esters is 4. The summed E-state index contributed by atoms with van der Waals surface area (Å²) in [6.07, 6.45) is -2.21. The number of aliphatic hydroxyl groups is 1. The maximum atomic E-state index is 12.6. The zero-order valence-electron chi connectivity index (χ0n) is 18.5. The van der Waals surface area contributed by atoms with Crippen LogP contribution in [0.25, 0.3) is 0 Å². The Morgan fingerprint density at radius 1 is 1.19 bits per heavy atom. The Kier molecular flexibility index (Phi) is 7.10. The Hall–Kier alpha value is -2.94. The van der Waals surface area contributed by atoms with Gasteiger partial charge in [-0.1, -0.05) is 12.7 Å². The van der Waals surface area contributed by atoms with E-state index >= 15 is 0 Å². The molecule has 6 atom stereocenters. The number of carbonyl (C=O) groups excluding carboxylic acids is 4.